The van der Waals surface area contributed by atoms with E-state index in [4.69, 9.17) is 4.74 Å². The highest BCUT2D eigenvalue weighted by molar-refractivity contribution is 5.89. The fourth-order valence-electron chi connectivity index (χ4n) is 3.05. The third-order valence-corrected chi connectivity index (χ3v) is 4.25. The lowest BCUT2D eigenvalue weighted by atomic mass is 9.91. The van der Waals surface area contributed by atoms with Crippen molar-refractivity contribution in [3.8, 4) is 11.6 Å². The van der Waals surface area contributed by atoms with Gasteiger partial charge >= 0.3 is 12.0 Å². The summed E-state index contributed by atoms with van der Waals surface area (Å²) in [5.41, 5.74) is 0.543. The van der Waals surface area contributed by atoms with E-state index in [1.54, 1.807) is 23.2 Å². The van der Waals surface area contributed by atoms with Crippen LogP contribution in [0.1, 0.15) is 13.3 Å². The van der Waals surface area contributed by atoms with Gasteiger partial charge in [-0.05, 0) is 30.5 Å². The second-order valence-corrected chi connectivity index (χ2v) is 6.51. The van der Waals surface area contributed by atoms with E-state index in [2.05, 4.69) is 10.3 Å². The molecule has 1 fully saturated rings. The van der Waals surface area contributed by atoms with Crippen molar-refractivity contribution in [2.75, 3.05) is 18.4 Å². The predicted octanol–water partition coefficient (Wildman–Crippen LogP) is 3.45. The molecule has 0 aliphatic carbocycles. The Morgan fingerprint density at radius 1 is 1.23 bits per heavy atom. The number of carbonyl (C=O) groups excluding carboxylic acids is 1. The molecule has 0 spiro atoms. The third kappa shape index (κ3) is 4.50. The number of carbonyl (C=O) groups is 2. The number of aromatic nitrogens is 1. The number of ether oxygens (including phenoxy) is 1. The molecule has 1 aromatic heterocycles. The maximum Gasteiger partial charge on any atom is 0.321 e. The van der Waals surface area contributed by atoms with Crippen LogP contribution >= 0.6 is 0 Å². The molecule has 2 amide bonds. The molecule has 0 radical (unpaired) electrons. The molecule has 7 nitrogen and oxygen atoms in total. The zero-order chi connectivity index (χ0) is 18.5. The molecule has 3 rings (SSSR count). The first-order valence-corrected chi connectivity index (χ1v) is 8.49. The highest BCUT2D eigenvalue weighted by atomic mass is 16.5. The summed E-state index contributed by atoms with van der Waals surface area (Å²) < 4.78 is 5.66. The Morgan fingerprint density at radius 2 is 2.00 bits per heavy atom. The van der Waals surface area contributed by atoms with Gasteiger partial charge < -0.3 is 20.1 Å². The number of nitrogens with one attached hydrogen (secondary N) is 1. The van der Waals surface area contributed by atoms with Gasteiger partial charge in [0.1, 0.15) is 5.75 Å². The Bertz CT molecular complexity index is 781. The highest BCUT2D eigenvalue weighted by Crippen LogP contribution is 2.24. The molecule has 2 atom stereocenters. The fourth-order valence-corrected chi connectivity index (χ4v) is 3.05. The maximum atomic E-state index is 12.5. The predicted molar refractivity (Wildman–Crippen MR) is 96.3 cm³/mol. The normalized spacial score (nSPS) is 19.7. The number of piperidine rings is 1. The standard InChI is InChI=1S/C19H21N3O4/c1-13-9-14(18(23)24)12-22(11-13)19(25)21-15-7-8-20-17(10-15)26-16-5-3-2-4-6-16/h2-8,10,13-14H,9,11-12H2,1H3,(H,23,24)(H,20,21,25). The topological polar surface area (TPSA) is 91.8 Å². The monoisotopic (exact) mass is 355 g/mol. The number of carboxylic acid groups (broad SMARTS) is 1. The molecule has 26 heavy (non-hydrogen) atoms. The summed E-state index contributed by atoms with van der Waals surface area (Å²) in [5, 5.41) is 12.0. The van der Waals surface area contributed by atoms with E-state index in [1.165, 1.54) is 0 Å². The first kappa shape index (κ1) is 17.7. The van der Waals surface area contributed by atoms with E-state index < -0.39 is 11.9 Å². The lowest BCUT2D eigenvalue weighted by molar-refractivity contribution is -0.143. The van der Waals surface area contributed by atoms with Crippen LogP contribution in [0.25, 0.3) is 0 Å². The first-order chi connectivity index (χ1) is 12.5. The van der Waals surface area contributed by atoms with Crippen molar-refractivity contribution in [3.63, 3.8) is 0 Å². The zero-order valence-corrected chi connectivity index (χ0v) is 14.5. The Labute approximate surface area is 151 Å². The van der Waals surface area contributed by atoms with Crippen molar-refractivity contribution in [2.24, 2.45) is 11.8 Å². The summed E-state index contributed by atoms with van der Waals surface area (Å²) in [6.45, 7) is 2.70. The van der Waals surface area contributed by atoms with Crippen LogP contribution in [0, 0.1) is 11.8 Å². The van der Waals surface area contributed by atoms with Crippen LogP contribution in [0.15, 0.2) is 48.7 Å². The Balaban J connectivity index is 1.65. The molecule has 1 aromatic carbocycles. The number of likely N-dealkylation sites (tertiary alicyclic amines) is 1. The zero-order valence-electron chi connectivity index (χ0n) is 14.5. The maximum absolute atomic E-state index is 12.5. The van der Waals surface area contributed by atoms with Gasteiger partial charge in [-0.1, -0.05) is 25.1 Å². The minimum absolute atomic E-state index is 0.144. The lowest BCUT2D eigenvalue weighted by Crippen LogP contribution is -2.47. The summed E-state index contributed by atoms with van der Waals surface area (Å²) in [6.07, 6.45) is 2.14. The molecule has 2 heterocycles. The van der Waals surface area contributed by atoms with Gasteiger partial charge in [-0.25, -0.2) is 9.78 Å². The summed E-state index contributed by atoms with van der Waals surface area (Å²) in [6, 6.07) is 12.2. The highest BCUT2D eigenvalue weighted by Gasteiger charge is 2.31. The smallest absolute Gasteiger partial charge is 0.321 e. The van der Waals surface area contributed by atoms with Crippen LogP contribution in [-0.4, -0.2) is 40.1 Å². The van der Waals surface area contributed by atoms with E-state index in [0.29, 0.717) is 30.3 Å². The van der Waals surface area contributed by atoms with Crippen LogP contribution < -0.4 is 10.1 Å². The number of carboxylic acids is 1. The lowest BCUT2D eigenvalue weighted by Gasteiger charge is -2.34. The number of amides is 2. The third-order valence-electron chi connectivity index (χ3n) is 4.25. The van der Waals surface area contributed by atoms with Crippen molar-refractivity contribution < 1.29 is 19.4 Å². The van der Waals surface area contributed by atoms with Gasteiger partial charge in [-0.3, -0.25) is 4.79 Å². The fraction of sp³-hybridized carbons (Fsp3) is 0.316. The molecule has 136 valence electrons. The van der Waals surface area contributed by atoms with Gasteiger partial charge in [0, 0.05) is 31.0 Å². The van der Waals surface area contributed by atoms with Crippen LogP contribution in [-0.2, 0) is 4.79 Å². The summed E-state index contributed by atoms with van der Waals surface area (Å²) >= 11 is 0. The average Bonchev–Trinajstić information content (AvgIpc) is 2.62. The molecule has 1 aliphatic rings. The molecule has 7 heteroatoms. The molecule has 0 saturated carbocycles. The van der Waals surface area contributed by atoms with Gasteiger partial charge in [-0.15, -0.1) is 0 Å². The number of benzene rings is 1. The Morgan fingerprint density at radius 3 is 2.73 bits per heavy atom. The number of rotatable bonds is 4. The molecule has 1 aliphatic heterocycles. The molecular formula is C19H21N3O4. The largest absolute Gasteiger partial charge is 0.481 e. The van der Waals surface area contributed by atoms with Gasteiger partial charge in [-0.2, -0.15) is 0 Å². The quantitative estimate of drug-likeness (QED) is 0.876. The number of aliphatic carboxylic acids is 1. The van der Waals surface area contributed by atoms with Crippen LogP contribution in [0.3, 0.4) is 0 Å². The number of hydrogen-bond donors (Lipinski definition) is 2. The van der Waals surface area contributed by atoms with E-state index in [0.717, 1.165) is 0 Å². The summed E-state index contributed by atoms with van der Waals surface area (Å²) in [5.74, 6) is -0.234. The minimum Gasteiger partial charge on any atom is -0.481 e. The van der Waals surface area contributed by atoms with Crippen molar-refractivity contribution in [1.82, 2.24) is 9.88 Å². The van der Waals surface area contributed by atoms with Gasteiger partial charge in [0.25, 0.3) is 0 Å². The average molecular weight is 355 g/mol. The molecule has 2 N–H and O–H groups in total. The molecular weight excluding hydrogens is 334 g/mol. The van der Waals surface area contributed by atoms with Gasteiger partial charge in [0.05, 0.1) is 5.92 Å². The second kappa shape index (κ2) is 7.86. The van der Waals surface area contributed by atoms with E-state index in [9.17, 15) is 14.7 Å². The van der Waals surface area contributed by atoms with Gasteiger partial charge in [0.15, 0.2) is 0 Å². The van der Waals surface area contributed by atoms with Crippen molar-refractivity contribution >= 4 is 17.7 Å². The SMILES string of the molecule is CC1CC(C(=O)O)CN(C(=O)Nc2ccnc(Oc3ccccc3)c2)C1. The van der Waals surface area contributed by atoms with Crippen LogP contribution in [0.4, 0.5) is 10.5 Å². The number of hydrogen-bond acceptors (Lipinski definition) is 4. The number of anilines is 1. The number of para-hydroxylation sites is 1. The van der Waals surface area contributed by atoms with Crippen LogP contribution in [0.2, 0.25) is 0 Å². The van der Waals surface area contributed by atoms with E-state index in [-0.39, 0.29) is 18.5 Å². The number of urea groups is 1. The van der Waals surface area contributed by atoms with Crippen molar-refractivity contribution in [2.45, 2.75) is 13.3 Å². The Kier molecular flexibility index (Phi) is 5.36. The van der Waals surface area contributed by atoms with E-state index >= 15 is 0 Å². The summed E-state index contributed by atoms with van der Waals surface area (Å²) in [7, 11) is 0. The molecule has 2 aromatic rings. The van der Waals surface area contributed by atoms with Gasteiger partial charge in [0.2, 0.25) is 5.88 Å². The number of nitrogens with zero attached hydrogens (tertiary/aromatic N) is 2. The molecule has 1 saturated heterocycles. The van der Waals surface area contributed by atoms with Crippen molar-refractivity contribution in [3.05, 3.63) is 48.7 Å². The first-order valence-electron chi connectivity index (χ1n) is 8.49. The van der Waals surface area contributed by atoms with Crippen molar-refractivity contribution in [1.29, 1.82) is 0 Å². The molecule has 2 unspecified atom stereocenters. The van der Waals surface area contributed by atoms with E-state index in [1.807, 2.05) is 37.3 Å². The van der Waals surface area contributed by atoms with Crippen LogP contribution in [0.5, 0.6) is 11.6 Å². The Hall–Kier alpha value is -3.09. The molecule has 0 bridgehead atoms. The number of pyridine rings is 1. The summed E-state index contributed by atoms with van der Waals surface area (Å²) in [4.78, 5) is 29.5. The second-order valence-electron chi connectivity index (χ2n) is 6.51. The minimum atomic E-state index is -0.864.